The highest BCUT2D eigenvalue weighted by atomic mass is 32.1. The largest absolute Gasteiger partial charge is 0.450 e. The minimum Gasteiger partial charge on any atom is -0.450 e. The van der Waals surface area contributed by atoms with Crippen LogP contribution in [0.2, 0.25) is 0 Å². The van der Waals surface area contributed by atoms with Crippen molar-refractivity contribution >= 4 is 29.2 Å². The van der Waals surface area contributed by atoms with E-state index in [0.29, 0.717) is 30.1 Å². The Balaban J connectivity index is 2.03. The van der Waals surface area contributed by atoms with Crippen LogP contribution in [0.4, 0.5) is 4.79 Å². The number of nitrogens with one attached hydrogen (secondary N) is 2. The second-order valence-electron chi connectivity index (χ2n) is 10.5. The normalized spacial score (nSPS) is 24.3. The van der Waals surface area contributed by atoms with Crippen LogP contribution >= 0.6 is 12.2 Å². The average Bonchev–Trinajstić information content (AvgIpc) is 3.26. The quantitative estimate of drug-likeness (QED) is 0.303. The molecule has 0 radical (unpaired) electrons. The summed E-state index contributed by atoms with van der Waals surface area (Å²) in [7, 11) is 0. The van der Waals surface area contributed by atoms with E-state index in [2.05, 4.69) is 38.3 Å². The molecule has 190 valence electrons. The first-order chi connectivity index (χ1) is 15.7. The fourth-order valence-corrected chi connectivity index (χ4v) is 5.67. The number of hydrogen-bond acceptors (Lipinski definition) is 5. The number of hydrogen-bond donors (Lipinski definition) is 3. The molecule has 0 aromatic rings. The Hall–Kier alpha value is -1.41. The van der Waals surface area contributed by atoms with Crippen molar-refractivity contribution in [3.63, 3.8) is 0 Å². The Morgan fingerprint density at radius 1 is 1.15 bits per heavy atom. The molecule has 0 aromatic heterocycles. The number of nitrogens with two attached hydrogens (primary N) is 1. The topological polar surface area (TPSA) is 96.7 Å². The lowest BCUT2D eigenvalue weighted by atomic mass is 9.79. The van der Waals surface area contributed by atoms with Crippen LogP contribution in [0.15, 0.2) is 0 Å². The number of amides is 2. The third-order valence-corrected chi connectivity index (χ3v) is 7.68. The summed E-state index contributed by atoms with van der Waals surface area (Å²) in [5, 5.41) is 6.22. The predicted molar refractivity (Wildman–Crippen MR) is 137 cm³/mol. The van der Waals surface area contributed by atoms with Crippen molar-refractivity contribution in [2.75, 3.05) is 19.7 Å². The number of unbranched alkanes of at least 4 members (excludes halogenated alkanes) is 1. The highest BCUT2D eigenvalue weighted by Crippen LogP contribution is 2.31. The molecule has 2 amide bonds. The van der Waals surface area contributed by atoms with E-state index in [9.17, 15) is 9.59 Å². The van der Waals surface area contributed by atoms with Crippen molar-refractivity contribution in [3.8, 4) is 0 Å². The number of ether oxygens (including phenoxy) is 1. The molecule has 0 spiro atoms. The molecule has 2 rings (SSSR count). The van der Waals surface area contributed by atoms with E-state index >= 15 is 0 Å². The number of nitrogens with zero attached hydrogens (tertiary/aromatic N) is 1. The number of likely N-dealkylation sites (tertiary alicyclic amines) is 1. The van der Waals surface area contributed by atoms with E-state index < -0.39 is 6.09 Å². The van der Waals surface area contributed by atoms with Crippen molar-refractivity contribution in [1.82, 2.24) is 15.5 Å². The van der Waals surface area contributed by atoms with Crippen molar-refractivity contribution in [3.05, 3.63) is 0 Å². The van der Waals surface area contributed by atoms with Gasteiger partial charge in [-0.3, -0.25) is 4.79 Å². The molecule has 0 unspecified atom stereocenters. The zero-order valence-corrected chi connectivity index (χ0v) is 22.0. The minimum atomic E-state index is -0.435. The zero-order valence-electron chi connectivity index (χ0n) is 21.2. The summed E-state index contributed by atoms with van der Waals surface area (Å²) in [6.07, 6.45) is 9.17. The first-order valence-corrected chi connectivity index (χ1v) is 13.4. The van der Waals surface area contributed by atoms with Gasteiger partial charge in [-0.2, -0.15) is 0 Å². The maximum atomic E-state index is 13.1. The van der Waals surface area contributed by atoms with E-state index in [1.54, 1.807) is 0 Å². The number of carbonyl (C=O) groups is 2. The standard InChI is InChI=1S/C25H46N4O3S/c1-5-7-16-32-24(31)28-21(25(3,4)14-6-2)23(33)29-15-8-9-20(29)22(30)27-17-18-10-12-19(26)13-11-18/h18-21H,5-17,26H2,1-4H3,(H,27,30)(H,28,31)/t18?,19?,20-,21+/m0/s1. The number of thiocarbonyl (C=S) groups is 1. The van der Waals surface area contributed by atoms with Gasteiger partial charge in [-0.1, -0.05) is 52.8 Å². The van der Waals surface area contributed by atoms with Crippen molar-refractivity contribution < 1.29 is 14.3 Å². The molecule has 2 atom stereocenters. The van der Waals surface area contributed by atoms with E-state index in [0.717, 1.165) is 70.8 Å². The average molecular weight is 483 g/mol. The maximum Gasteiger partial charge on any atom is 0.407 e. The van der Waals surface area contributed by atoms with Crippen LogP contribution in [0.3, 0.4) is 0 Å². The highest BCUT2D eigenvalue weighted by molar-refractivity contribution is 7.80. The Labute approximate surface area is 205 Å². The number of alkyl carbamates (subject to hydrolysis) is 1. The molecular weight excluding hydrogens is 436 g/mol. The van der Waals surface area contributed by atoms with E-state index in [4.69, 9.17) is 22.7 Å². The lowest BCUT2D eigenvalue weighted by molar-refractivity contribution is -0.124. The summed E-state index contributed by atoms with van der Waals surface area (Å²) in [4.78, 5) is 28.3. The van der Waals surface area contributed by atoms with Crippen molar-refractivity contribution in [2.24, 2.45) is 17.1 Å². The van der Waals surface area contributed by atoms with Crippen LogP contribution in [0.25, 0.3) is 0 Å². The van der Waals surface area contributed by atoms with Crippen molar-refractivity contribution in [2.45, 2.75) is 110 Å². The fourth-order valence-electron chi connectivity index (χ4n) is 5.07. The van der Waals surface area contributed by atoms with Crippen LogP contribution in [0.5, 0.6) is 0 Å². The Morgan fingerprint density at radius 3 is 2.48 bits per heavy atom. The van der Waals surface area contributed by atoms with E-state index in [-0.39, 0.29) is 23.4 Å². The Kier molecular flexibility index (Phi) is 11.4. The third kappa shape index (κ3) is 8.39. The molecule has 1 aliphatic carbocycles. The Morgan fingerprint density at radius 2 is 1.85 bits per heavy atom. The number of carbonyl (C=O) groups excluding carboxylic acids is 2. The predicted octanol–water partition coefficient (Wildman–Crippen LogP) is 4.13. The van der Waals surface area contributed by atoms with Gasteiger partial charge in [0.2, 0.25) is 5.91 Å². The summed E-state index contributed by atoms with van der Waals surface area (Å²) in [5.41, 5.74) is 5.76. The van der Waals surface area contributed by atoms with Crippen LogP contribution < -0.4 is 16.4 Å². The maximum absolute atomic E-state index is 13.1. The van der Waals surface area contributed by atoms with Gasteiger partial charge < -0.3 is 26.0 Å². The molecule has 2 fully saturated rings. The minimum absolute atomic E-state index is 0.0438. The highest BCUT2D eigenvalue weighted by Gasteiger charge is 2.41. The van der Waals surface area contributed by atoms with Crippen LogP contribution in [-0.4, -0.2) is 59.7 Å². The summed E-state index contributed by atoms with van der Waals surface area (Å²) < 4.78 is 5.37. The van der Waals surface area contributed by atoms with Gasteiger partial charge in [0.1, 0.15) is 11.0 Å². The zero-order chi connectivity index (χ0) is 24.4. The molecule has 4 N–H and O–H groups in total. The summed E-state index contributed by atoms with van der Waals surface area (Å²) in [6.45, 7) is 10.3. The molecule has 1 saturated carbocycles. The monoisotopic (exact) mass is 482 g/mol. The third-order valence-electron chi connectivity index (χ3n) is 7.21. The van der Waals surface area contributed by atoms with E-state index in [1.807, 2.05) is 4.90 Å². The Bertz CT molecular complexity index is 650. The van der Waals surface area contributed by atoms with Crippen LogP contribution in [-0.2, 0) is 9.53 Å². The van der Waals surface area contributed by atoms with E-state index in [1.165, 1.54) is 0 Å². The summed E-state index contributed by atoms with van der Waals surface area (Å²) >= 11 is 5.93. The molecule has 1 saturated heterocycles. The molecular formula is C25H46N4O3S. The van der Waals surface area contributed by atoms with Crippen LogP contribution in [0, 0.1) is 11.3 Å². The second-order valence-corrected chi connectivity index (χ2v) is 10.9. The summed E-state index contributed by atoms with van der Waals surface area (Å²) in [5.74, 6) is 0.550. The van der Waals surface area contributed by atoms with Gasteiger partial charge in [-0.25, -0.2) is 4.79 Å². The molecule has 0 aromatic carbocycles. The molecule has 1 heterocycles. The molecule has 7 nitrogen and oxygen atoms in total. The molecule has 2 aliphatic rings. The molecule has 8 heteroatoms. The lowest BCUT2D eigenvalue weighted by Crippen LogP contribution is -2.57. The van der Waals surface area contributed by atoms with Gasteiger partial charge in [0.25, 0.3) is 0 Å². The first kappa shape index (κ1) is 27.8. The SMILES string of the molecule is CCCCOC(=O)N[C@H](C(=S)N1CCC[C@H]1C(=O)NCC1CCC(N)CC1)C(C)(C)CCC. The molecule has 33 heavy (non-hydrogen) atoms. The van der Waals surface area contributed by atoms with Gasteiger partial charge in [0, 0.05) is 19.1 Å². The number of rotatable bonds is 11. The molecule has 0 bridgehead atoms. The van der Waals surface area contributed by atoms with Gasteiger partial charge in [0.05, 0.1) is 12.6 Å². The smallest absolute Gasteiger partial charge is 0.407 e. The van der Waals surface area contributed by atoms with Crippen LogP contribution in [0.1, 0.15) is 91.9 Å². The fraction of sp³-hybridized carbons (Fsp3) is 0.880. The first-order valence-electron chi connectivity index (χ1n) is 13.0. The second kappa shape index (κ2) is 13.5. The molecule has 1 aliphatic heterocycles. The lowest BCUT2D eigenvalue weighted by Gasteiger charge is -2.39. The summed E-state index contributed by atoms with van der Waals surface area (Å²) in [6, 6.07) is -0.333. The van der Waals surface area contributed by atoms with Crippen molar-refractivity contribution in [1.29, 1.82) is 0 Å². The van der Waals surface area contributed by atoms with Gasteiger partial charge in [-0.05, 0) is 62.7 Å². The van der Waals surface area contributed by atoms with Gasteiger partial charge in [0.15, 0.2) is 0 Å². The van der Waals surface area contributed by atoms with Gasteiger partial charge >= 0.3 is 6.09 Å². The van der Waals surface area contributed by atoms with Gasteiger partial charge in [-0.15, -0.1) is 0 Å².